The Morgan fingerprint density at radius 2 is 2.21 bits per heavy atom. The molecule has 102 valence electrons. The van der Waals surface area contributed by atoms with E-state index in [1.54, 1.807) is 6.07 Å². The zero-order chi connectivity index (χ0) is 14.0. The molecule has 1 aliphatic rings. The van der Waals surface area contributed by atoms with Crippen LogP contribution in [-0.4, -0.2) is 36.3 Å². The van der Waals surface area contributed by atoms with E-state index in [2.05, 4.69) is 21.2 Å². The first kappa shape index (κ1) is 14.0. The van der Waals surface area contributed by atoms with Crippen molar-refractivity contribution in [3.05, 3.63) is 34.1 Å². The average Bonchev–Trinajstić information content (AvgIpc) is 2.86. The molecule has 19 heavy (non-hydrogen) atoms. The summed E-state index contributed by atoms with van der Waals surface area (Å²) in [7, 11) is 1.53. The summed E-state index contributed by atoms with van der Waals surface area (Å²) in [5, 5.41) is 2.53. The van der Waals surface area contributed by atoms with Gasteiger partial charge in [0, 0.05) is 18.1 Å². The first-order valence-electron chi connectivity index (χ1n) is 6.02. The SMILES string of the molecule is CNC(=O)C1CCCN1C(=O)c1ccc(Br)cc1F. The summed E-state index contributed by atoms with van der Waals surface area (Å²) in [6, 6.07) is 3.79. The van der Waals surface area contributed by atoms with Gasteiger partial charge in [0.15, 0.2) is 0 Å². The second-order valence-electron chi connectivity index (χ2n) is 4.39. The third-order valence-corrected chi connectivity index (χ3v) is 3.72. The highest BCUT2D eigenvalue weighted by Crippen LogP contribution is 2.23. The zero-order valence-electron chi connectivity index (χ0n) is 10.5. The molecule has 1 aliphatic heterocycles. The molecule has 1 aromatic rings. The van der Waals surface area contributed by atoms with Crippen LogP contribution in [0.3, 0.4) is 0 Å². The van der Waals surface area contributed by atoms with Crippen LogP contribution < -0.4 is 5.32 Å². The van der Waals surface area contributed by atoms with Gasteiger partial charge in [-0.05, 0) is 31.0 Å². The van der Waals surface area contributed by atoms with Crippen LogP contribution in [0.2, 0.25) is 0 Å². The Labute approximate surface area is 119 Å². The van der Waals surface area contributed by atoms with E-state index in [0.29, 0.717) is 17.4 Å². The molecule has 1 N–H and O–H groups in total. The Morgan fingerprint density at radius 1 is 1.47 bits per heavy atom. The number of halogens is 2. The van der Waals surface area contributed by atoms with Gasteiger partial charge in [-0.3, -0.25) is 9.59 Å². The summed E-state index contributed by atoms with van der Waals surface area (Å²) >= 11 is 3.15. The highest BCUT2D eigenvalue weighted by Gasteiger charge is 2.34. The van der Waals surface area contributed by atoms with Gasteiger partial charge in [0.2, 0.25) is 5.91 Å². The topological polar surface area (TPSA) is 49.4 Å². The molecule has 2 amide bonds. The van der Waals surface area contributed by atoms with Gasteiger partial charge < -0.3 is 10.2 Å². The molecule has 0 spiro atoms. The number of nitrogens with zero attached hydrogens (tertiary/aromatic N) is 1. The lowest BCUT2D eigenvalue weighted by Gasteiger charge is -2.23. The highest BCUT2D eigenvalue weighted by molar-refractivity contribution is 9.10. The van der Waals surface area contributed by atoms with Crippen LogP contribution in [-0.2, 0) is 4.79 Å². The minimum absolute atomic E-state index is 0.000923. The summed E-state index contributed by atoms with van der Waals surface area (Å²) in [6.45, 7) is 0.479. The second-order valence-corrected chi connectivity index (χ2v) is 5.31. The van der Waals surface area contributed by atoms with Crippen molar-refractivity contribution in [2.75, 3.05) is 13.6 Å². The molecule has 2 rings (SSSR count). The number of rotatable bonds is 2. The van der Waals surface area contributed by atoms with Crippen molar-refractivity contribution in [2.24, 2.45) is 0 Å². The third kappa shape index (κ3) is 2.78. The predicted molar refractivity (Wildman–Crippen MR) is 72.2 cm³/mol. The molecule has 0 aliphatic carbocycles. The van der Waals surface area contributed by atoms with Gasteiger partial charge in [-0.1, -0.05) is 15.9 Å². The molecule has 1 aromatic carbocycles. The van der Waals surface area contributed by atoms with E-state index < -0.39 is 17.8 Å². The lowest BCUT2D eigenvalue weighted by Crippen LogP contribution is -2.45. The fourth-order valence-electron chi connectivity index (χ4n) is 2.27. The Morgan fingerprint density at radius 3 is 2.84 bits per heavy atom. The van der Waals surface area contributed by atoms with Crippen molar-refractivity contribution >= 4 is 27.7 Å². The Kier molecular flexibility index (Phi) is 4.19. The molecule has 1 atom stereocenters. The van der Waals surface area contributed by atoms with Gasteiger partial charge in [0.05, 0.1) is 5.56 Å². The van der Waals surface area contributed by atoms with Crippen LogP contribution in [0.25, 0.3) is 0 Å². The van der Waals surface area contributed by atoms with Gasteiger partial charge in [-0.25, -0.2) is 4.39 Å². The van der Waals surface area contributed by atoms with Crippen LogP contribution >= 0.6 is 15.9 Å². The number of amides is 2. The fraction of sp³-hybridized carbons (Fsp3) is 0.385. The predicted octanol–water partition coefficient (Wildman–Crippen LogP) is 1.94. The van der Waals surface area contributed by atoms with Crippen molar-refractivity contribution in [2.45, 2.75) is 18.9 Å². The maximum absolute atomic E-state index is 13.8. The number of hydrogen-bond donors (Lipinski definition) is 1. The van der Waals surface area contributed by atoms with Crippen molar-refractivity contribution in [3.8, 4) is 0 Å². The Bertz CT molecular complexity index is 521. The summed E-state index contributed by atoms with van der Waals surface area (Å²) in [5.41, 5.74) is -0.000923. The summed E-state index contributed by atoms with van der Waals surface area (Å²) in [4.78, 5) is 25.4. The smallest absolute Gasteiger partial charge is 0.257 e. The highest BCUT2D eigenvalue weighted by atomic mass is 79.9. The molecule has 0 bridgehead atoms. The van der Waals surface area contributed by atoms with Gasteiger partial charge >= 0.3 is 0 Å². The van der Waals surface area contributed by atoms with Crippen molar-refractivity contribution in [1.29, 1.82) is 0 Å². The number of carbonyl (C=O) groups is 2. The van der Waals surface area contributed by atoms with E-state index in [4.69, 9.17) is 0 Å². The zero-order valence-corrected chi connectivity index (χ0v) is 12.0. The molecule has 0 aromatic heterocycles. The van der Waals surface area contributed by atoms with Crippen LogP contribution in [0.4, 0.5) is 4.39 Å². The van der Waals surface area contributed by atoms with Crippen LogP contribution in [0.5, 0.6) is 0 Å². The molecule has 4 nitrogen and oxygen atoms in total. The van der Waals surface area contributed by atoms with Gasteiger partial charge in [0.1, 0.15) is 11.9 Å². The quantitative estimate of drug-likeness (QED) is 0.901. The number of nitrogens with one attached hydrogen (secondary N) is 1. The maximum Gasteiger partial charge on any atom is 0.257 e. The summed E-state index contributed by atoms with van der Waals surface area (Å²) in [5.74, 6) is -1.22. The van der Waals surface area contributed by atoms with Gasteiger partial charge in [-0.2, -0.15) is 0 Å². The minimum Gasteiger partial charge on any atom is -0.357 e. The lowest BCUT2D eigenvalue weighted by atomic mass is 10.1. The van der Waals surface area contributed by atoms with E-state index in [-0.39, 0.29) is 11.5 Å². The molecule has 1 unspecified atom stereocenters. The van der Waals surface area contributed by atoms with E-state index in [0.717, 1.165) is 6.42 Å². The summed E-state index contributed by atoms with van der Waals surface area (Å²) < 4.78 is 14.4. The van der Waals surface area contributed by atoms with E-state index >= 15 is 0 Å². The minimum atomic E-state index is -0.582. The third-order valence-electron chi connectivity index (χ3n) is 3.22. The van der Waals surface area contributed by atoms with Crippen molar-refractivity contribution < 1.29 is 14.0 Å². The monoisotopic (exact) mass is 328 g/mol. The summed E-state index contributed by atoms with van der Waals surface area (Å²) in [6.07, 6.45) is 1.37. The number of hydrogen-bond acceptors (Lipinski definition) is 2. The molecule has 0 saturated carbocycles. The van der Waals surface area contributed by atoms with Crippen molar-refractivity contribution in [1.82, 2.24) is 10.2 Å². The number of likely N-dealkylation sites (N-methyl/N-ethyl adjacent to an activating group) is 1. The molecule has 1 fully saturated rings. The van der Waals surface area contributed by atoms with Crippen molar-refractivity contribution in [3.63, 3.8) is 0 Å². The number of likely N-dealkylation sites (tertiary alicyclic amines) is 1. The maximum atomic E-state index is 13.8. The second kappa shape index (κ2) is 5.69. The van der Waals surface area contributed by atoms with E-state index in [1.807, 2.05) is 0 Å². The van der Waals surface area contributed by atoms with Crippen LogP contribution in [0, 0.1) is 5.82 Å². The molecular formula is C13H14BrFN2O2. The standard InChI is InChI=1S/C13H14BrFN2O2/c1-16-12(18)11-3-2-6-17(11)13(19)9-5-4-8(14)7-10(9)15/h4-5,7,11H,2-3,6H2,1H3,(H,16,18). The van der Waals surface area contributed by atoms with E-state index in [9.17, 15) is 14.0 Å². The Balaban J connectivity index is 2.25. The first-order chi connectivity index (χ1) is 9.04. The lowest BCUT2D eigenvalue weighted by molar-refractivity contribution is -0.124. The molecule has 1 saturated heterocycles. The van der Waals surface area contributed by atoms with Gasteiger partial charge in [0.25, 0.3) is 5.91 Å². The number of benzene rings is 1. The van der Waals surface area contributed by atoms with Crippen LogP contribution in [0.1, 0.15) is 23.2 Å². The average molecular weight is 329 g/mol. The molecule has 6 heteroatoms. The Hall–Kier alpha value is -1.43. The molecule has 0 radical (unpaired) electrons. The molecule has 1 heterocycles. The number of carbonyl (C=O) groups excluding carboxylic acids is 2. The largest absolute Gasteiger partial charge is 0.357 e. The fourth-order valence-corrected chi connectivity index (χ4v) is 2.60. The van der Waals surface area contributed by atoms with Gasteiger partial charge in [-0.15, -0.1) is 0 Å². The van der Waals surface area contributed by atoms with Crippen LogP contribution in [0.15, 0.2) is 22.7 Å². The normalized spacial score (nSPS) is 18.5. The van der Waals surface area contributed by atoms with E-state index in [1.165, 1.54) is 24.1 Å². The molecular weight excluding hydrogens is 315 g/mol. The first-order valence-corrected chi connectivity index (χ1v) is 6.81.